The minimum Gasteiger partial charge on any atom is -0.508 e. The predicted octanol–water partition coefficient (Wildman–Crippen LogP) is 2.54. The standard InChI is InChI=1S/C14H13NO/c15-7-6-9-2-1-3-12-11-5-4-10(16)8-13(11)14(9)12/h1-5,8,16H,6-7,15H2. The molecule has 2 heteroatoms. The van der Waals surface area contributed by atoms with Gasteiger partial charge in [0.2, 0.25) is 0 Å². The van der Waals surface area contributed by atoms with Gasteiger partial charge in [0.25, 0.3) is 0 Å². The molecular formula is C14H13NO. The van der Waals surface area contributed by atoms with E-state index in [0.29, 0.717) is 12.3 Å². The van der Waals surface area contributed by atoms with Crippen LogP contribution in [0, 0.1) is 0 Å². The molecule has 2 nitrogen and oxygen atoms in total. The van der Waals surface area contributed by atoms with Gasteiger partial charge >= 0.3 is 0 Å². The van der Waals surface area contributed by atoms with Gasteiger partial charge < -0.3 is 10.8 Å². The molecular weight excluding hydrogens is 198 g/mol. The van der Waals surface area contributed by atoms with Crippen molar-refractivity contribution >= 4 is 0 Å². The molecule has 0 aromatic heterocycles. The van der Waals surface area contributed by atoms with Crippen molar-refractivity contribution in [3.05, 3.63) is 42.0 Å². The zero-order valence-corrected chi connectivity index (χ0v) is 8.90. The van der Waals surface area contributed by atoms with Gasteiger partial charge in [-0.15, -0.1) is 0 Å². The number of phenols is 1. The Labute approximate surface area is 94.3 Å². The first kappa shape index (κ1) is 9.43. The van der Waals surface area contributed by atoms with Crippen molar-refractivity contribution in [3.8, 4) is 28.0 Å². The number of hydrogen-bond donors (Lipinski definition) is 2. The molecule has 0 atom stereocenters. The lowest BCUT2D eigenvalue weighted by Crippen LogP contribution is -2.08. The number of fused-ring (bicyclic) bond motifs is 4. The van der Waals surface area contributed by atoms with Crippen molar-refractivity contribution in [2.24, 2.45) is 5.73 Å². The van der Waals surface area contributed by atoms with E-state index >= 15 is 0 Å². The van der Waals surface area contributed by atoms with E-state index < -0.39 is 0 Å². The molecule has 0 saturated carbocycles. The van der Waals surface area contributed by atoms with E-state index in [9.17, 15) is 5.11 Å². The molecule has 0 aliphatic heterocycles. The lowest BCUT2D eigenvalue weighted by Gasteiger charge is -2.26. The Kier molecular flexibility index (Phi) is 1.98. The average Bonchev–Trinajstić information content (AvgIpc) is 2.27. The summed E-state index contributed by atoms with van der Waals surface area (Å²) >= 11 is 0. The minimum atomic E-state index is 0.326. The Morgan fingerprint density at radius 3 is 2.69 bits per heavy atom. The molecule has 3 rings (SSSR count). The van der Waals surface area contributed by atoms with Crippen LogP contribution in [-0.4, -0.2) is 11.7 Å². The molecule has 0 amide bonds. The summed E-state index contributed by atoms with van der Waals surface area (Å²) in [5.74, 6) is 0.326. The van der Waals surface area contributed by atoms with Crippen molar-refractivity contribution < 1.29 is 5.11 Å². The highest BCUT2D eigenvalue weighted by Gasteiger charge is 2.24. The molecule has 0 radical (unpaired) electrons. The highest BCUT2D eigenvalue weighted by Crippen LogP contribution is 2.49. The van der Waals surface area contributed by atoms with Crippen molar-refractivity contribution in [1.82, 2.24) is 0 Å². The predicted molar refractivity (Wildman–Crippen MR) is 65.3 cm³/mol. The highest BCUT2D eigenvalue weighted by atomic mass is 16.3. The second-order valence-corrected chi connectivity index (χ2v) is 4.11. The quantitative estimate of drug-likeness (QED) is 0.684. The molecule has 1 aliphatic rings. The van der Waals surface area contributed by atoms with Gasteiger partial charge in [0, 0.05) is 0 Å². The van der Waals surface area contributed by atoms with Crippen LogP contribution in [0.1, 0.15) is 5.56 Å². The fourth-order valence-corrected chi connectivity index (χ4v) is 2.42. The summed E-state index contributed by atoms with van der Waals surface area (Å²) in [6, 6.07) is 11.8. The third-order valence-corrected chi connectivity index (χ3v) is 3.13. The smallest absolute Gasteiger partial charge is 0.116 e. The van der Waals surface area contributed by atoms with E-state index in [4.69, 9.17) is 5.73 Å². The summed E-state index contributed by atoms with van der Waals surface area (Å²) < 4.78 is 0. The Hall–Kier alpha value is -1.80. The highest BCUT2D eigenvalue weighted by molar-refractivity contribution is 6.04. The van der Waals surface area contributed by atoms with Crippen LogP contribution in [0.3, 0.4) is 0 Å². The van der Waals surface area contributed by atoms with Crippen molar-refractivity contribution in [3.63, 3.8) is 0 Å². The van der Waals surface area contributed by atoms with E-state index in [1.165, 1.54) is 22.3 Å². The Balaban J connectivity index is 2.16. The molecule has 16 heavy (non-hydrogen) atoms. The molecule has 0 spiro atoms. The van der Waals surface area contributed by atoms with Crippen LogP contribution in [0.4, 0.5) is 0 Å². The maximum absolute atomic E-state index is 9.49. The van der Waals surface area contributed by atoms with Gasteiger partial charge in [0.05, 0.1) is 0 Å². The number of benzene rings is 2. The average molecular weight is 211 g/mol. The molecule has 2 aromatic rings. The Bertz CT molecular complexity index is 561. The van der Waals surface area contributed by atoms with E-state index in [1.54, 1.807) is 6.07 Å². The van der Waals surface area contributed by atoms with Crippen LogP contribution in [0.2, 0.25) is 0 Å². The second-order valence-electron chi connectivity index (χ2n) is 4.11. The number of hydrogen-bond acceptors (Lipinski definition) is 2. The zero-order chi connectivity index (χ0) is 11.1. The van der Waals surface area contributed by atoms with Crippen LogP contribution in [0.25, 0.3) is 22.3 Å². The summed E-state index contributed by atoms with van der Waals surface area (Å²) in [6.45, 7) is 0.657. The monoisotopic (exact) mass is 211 g/mol. The summed E-state index contributed by atoms with van der Waals surface area (Å²) in [7, 11) is 0. The van der Waals surface area contributed by atoms with Crippen LogP contribution in [0.5, 0.6) is 5.75 Å². The normalized spacial score (nSPS) is 11.6. The molecule has 0 bridgehead atoms. The number of phenolic OH excluding ortho intramolecular Hbond substituents is 1. The molecule has 0 heterocycles. The Morgan fingerprint density at radius 1 is 1.00 bits per heavy atom. The number of aromatic hydroxyl groups is 1. The van der Waals surface area contributed by atoms with Gasteiger partial charge in [-0.1, -0.05) is 24.3 Å². The van der Waals surface area contributed by atoms with Crippen LogP contribution in [0.15, 0.2) is 36.4 Å². The van der Waals surface area contributed by atoms with Crippen molar-refractivity contribution in [1.29, 1.82) is 0 Å². The third kappa shape index (κ3) is 1.17. The number of rotatable bonds is 2. The summed E-state index contributed by atoms with van der Waals surface area (Å²) in [5, 5.41) is 9.49. The van der Waals surface area contributed by atoms with Gasteiger partial charge in [-0.05, 0) is 52.9 Å². The van der Waals surface area contributed by atoms with Crippen molar-refractivity contribution in [2.45, 2.75) is 6.42 Å². The topological polar surface area (TPSA) is 46.2 Å². The summed E-state index contributed by atoms with van der Waals surface area (Å²) in [5.41, 5.74) is 11.8. The molecule has 2 aromatic carbocycles. The van der Waals surface area contributed by atoms with E-state index in [-0.39, 0.29) is 0 Å². The lowest BCUT2D eigenvalue weighted by atomic mass is 9.77. The summed E-state index contributed by atoms with van der Waals surface area (Å²) in [6.07, 6.45) is 0.887. The minimum absolute atomic E-state index is 0.326. The van der Waals surface area contributed by atoms with E-state index in [0.717, 1.165) is 12.0 Å². The Morgan fingerprint density at radius 2 is 1.88 bits per heavy atom. The first-order valence-corrected chi connectivity index (χ1v) is 5.47. The fraction of sp³-hybridized carbons (Fsp3) is 0.143. The zero-order valence-electron chi connectivity index (χ0n) is 8.90. The van der Waals surface area contributed by atoms with Gasteiger partial charge in [-0.2, -0.15) is 0 Å². The first-order chi connectivity index (χ1) is 7.81. The van der Waals surface area contributed by atoms with Gasteiger partial charge in [0.1, 0.15) is 5.75 Å². The fourth-order valence-electron chi connectivity index (χ4n) is 2.42. The van der Waals surface area contributed by atoms with Gasteiger partial charge in [-0.3, -0.25) is 0 Å². The second kappa shape index (κ2) is 3.35. The van der Waals surface area contributed by atoms with Crippen molar-refractivity contribution in [2.75, 3.05) is 6.54 Å². The largest absolute Gasteiger partial charge is 0.508 e. The lowest BCUT2D eigenvalue weighted by molar-refractivity contribution is 0.475. The molecule has 0 fully saturated rings. The van der Waals surface area contributed by atoms with Crippen LogP contribution in [-0.2, 0) is 6.42 Å². The first-order valence-electron chi connectivity index (χ1n) is 5.47. The molecule has 1 aliphatic carbocycles. The third-order valence-electron chi connectivity index (χ3n) is 3.13. The van der Waals surface area contributed by atoms with Gasteiger partial charge in [0.15, 0.2) is 0 Å². The van der Waals surface area contributed by atoms with E-state index in [2.05, 4.69) is 18.2 Å². The number of nitrogens with two attached hydrogens (primary N) is 1. The van der Waals surface area contributed by atoms with Crippen LogP contribution >= 0.6 is 0 Å². The molecule has 0 saturated heterocycles. The summed E-state index contributed by atoms with van der Waals surface area (Å²) in [4.78, 5) is 0. The molecule has 80 valence electrons. The molecule has 0 unspecified atom stereocenters. The van der Waals surface area contributed by atoms with E-state index in [1.807, 2.05) is 12.1 Å². The SMILES string of the molecule is NCCc1cccc2c1-c1cc(O)ccc1-2. The maximum atomic E-state index is 9.49. The van der Waals surface area contributed by atoms with Gasteiger partial charge in [-0.25, -0.2) is 0 Å². The maximum Gasteiger partial charge on any atom is 0.116 e. The molecule has 3 N–H and O–H groups in total. The van der Waals surface area contributed by atoms with Crippen LogP contribution < -0.4 is 5.73 Å².